The lowest BCUT2D eigenvalue weighted by Gasteiger charge is -2.30. The van der Waals surface area contributed by atoms with Crippen LogP contribution in [0.15, 0.2) is 58.4 Å². The number of hydrogen-bond donors (Lipinski definition) is 1. The zero-order valence-electron chi connectivity index (χ0n) is 20.5. The highest BCUT2D eigenvalue weighted by molar-refractivity contribution is 8.00. The number of thiazole rings is 1. The van der Waals surface area contributed by atoms with Gasteiger partial charge in [0.1, 0.15) is 11.0 Å². The number of imide groups is 1. The first-order valence-corrected chi connectivity index (χ1v) is 14.0. The van der Waals surface area contributed by atoms with Gasteiger partial charge in [-0.05, 0) is 36.8 Å². The molecule has 2 unspecified atom stereocenters. The molecule has 1 aromatic heterocycles. The third kappa shape index (κ3) is 4.44. The second-order valence-electron chi connectivity index (χ2n) is 9.45. The van der Waals surface area contributed by atoms with E-state index in [9.17, 15) is 19.2 Å². The van der Waals surface area contributed by atoms with Crippen molar-refractivity contribution >= 4 is 46.5 Å². The van der Waals surface area contributed by atoms with Gasteiger partial charge >= 0.3 is 4.87 Å². The number of carbonyl (C=O) groups excluding carboxylic acids is 3. The largest absolute Gasteiger partial charge is 0.484 e. The number of aryl methyl sites for hydroxylation is 1. The lowest BCUT2D eigenvalue weighted by Crippen LogP contribution is -2.42. The van der Waals surface area contributed by atoms with Gasteiger partial charge in [0, 0.05) is 23.9 Å². The van der Waals surface area contributed by atoms with E-state index in [4.69, 9.17) is 9.47 Å². The highest BCUT2D eigenvalue weighted by atomic mass is 32.2. The Labute approximate surface area is 226 Å². The summed E-state index contributed by atoms with van der Waals surface area (Å²) in [4.78, 5) is 58.6. The van der Waals surface area contributed by atoms with E-state index >= 15 is 0 Å². The molecule has 4 heterocycles. The Kier molecular flexibility index (Phi) is 6.58. The van der Waals surface area contributed by atoms with E-state index in [2.05, 4.69) is 4.98 Å². The zero-order chi connectivity index (χ0) is 26.4. The number of fused-ring (bicyclic) bond motifs is 2. The van der Waals surface area contributed by atoms with Gasteiger partial charge in [-0.3, -0.25) is 19.2 Å². The Morgan fingerprint density at radius 1 is 1.08 bits per heavy atom. The number of amides is 3. The summed E-state index contributed by atoms with van der Waals surface area (Å²) >= 11 is 2.31. The number of thioether (sulfide) groups is 1. The standard InChI is InChI=1S/C27H25N3O6S2/c1-15-5-7-17(8-6-15)30-25(32)21-20(22-24(28-27(34)38-22)37-23(21)26(30)33)16-3-2-4-18(13-16)36-14-19(31)29-9-11-35-12-10-29/h2-8,13,20-21,23H,9-12,14H2,1H3,(H,28,34)/t20-,21?,23?/m1/s1. The van der Waals surface area contributed by atoms with Crippen molar-refractivity contribution < 1.29 is 23.9 Å². The Bertz CT molecular complexity index is 1460. The SMILES string of the molecule is Cc1ccc(N2C(=O)C3Sc4[nH]c(=O)sc4[C@H](c4cccc(OCC(=O)N5CCOCC5)c4)C3C2=O)cc1. The number of benzene rings is 2. The van der Waals surface area contributed by atoms with Crippen LogP contribution in [0.3, 0.4) is 0 Å². The molecule has 1 N–H and O–H groups in total. The van der Waals surface area contributed by atoms with Crippen LogP contribution in [0.2, 0.25) is 0 Å². The second kappa shape index (κ2) is 10.0. The number of aromatic amines is 1. The van der Waals surface area contributed by atoms with Gasteiger partial charge in [0.2, 0.25) is 11.8 Å². The van der Waals surface area contributed by atoms with E-state index in [1.54, 1.807) is 35.2 Å². The molecule has 0 radical (unpaired) electrons. The van der Waals surface area contributed by atoms with Crippen molar-refractivity contribution in [3.05, 3.63) is 74.2 Å². The minimum absolute atomic E-state index is 0.114. The number of ether oxygens (including phenoxy) is 2. The van der Waals surface area contributed by atoms with Crippen molar-refractivity contribution in [3.63, 3.8) is 0 Å². The quantitative estimate of drug-likeness (QED) is 0.486. The summed E-state index contributed by atoms with van der Waals surface area (Å²) in [5, 5.41) is -0.0500. The van der Waals surface area contributed by atoms with Gasteiger partial charge in [0.15, 0.2) is 6.61 Å². The summed E-state index contributed by atoms with van der Waals surface area (Å²) in [6.45, 7) is 3.93. The minimum atomic E-state index is -0.682. The van der Waals surface area contributed by atoms with Gasteiger partial charge < -0.3 is 19.4 Å². The fourth-order valence-corrected chi connectivity index (χ4v) is 7.69. The number of hydrogen-bond acceptors (Lipinski definition) is 8. The molecule has 2 fully saturated rings. The molecule has 0 aliphatic carbocycles. The van der Waals surface area contributed by atoms with Crippen LogP contribution in [0.5, 0.6) is 5.75 Å². The molecule has 196 valence electrons. The zero-order valence-corrected chi connectivity index (χ0v) is 22.2. The first-order valence-electron chi connectivity index (χ1n) is 12.3. The smallest absolute Gasteiger partial charge is 0.305 e. The molecule has 2 aromatic carbocycles. The van der Waals surface area contributed by atoms with Crippen LogP contribution < -0.4 is 14.5 Å². The van der Waals surface area contributed by atoms with Gasteiger partial charge in [0.05, 0.1) is 29.8 Å². The molecule has 3 aromatic rings. The normalized spacial score (nSPS) is 22.8. The minimum Gasteiger partial charge on any atom is -0.484 e. The fourth-order valence-electron chi connectivity index (χ4n) is 5.17. The molecule has 3 atom stereocenters. The van der Waals surface area contributed by atoms with Gasteiger partial charge in [0.25, 0.3) is 5.91 Å². The van der Waals surface area contributed by atoms with E-state index < -0.39 is 17.1 Å². The maximum absolute atomic E-state index is 13.8. The highest BCUT2D eigenvalue weighted by Gasteiger charge is 2.56. The summed E-state index contributed by atoms with van der Waals surface area (Å²) < 4.78 is 11.1. The van der Waals surface area contributed by atoms with E-state index in [-0.39, 0.29) is 29.2 Å². The van der Waals surface area contributed by atoms with E-state index in [0.717, 1.165) is 27.3 Å². The van der Waals surface area contributed by atoms with E-state index in [1.165, 1.54) is 16.7 Å². The maximum Gasteiger partial charge on any atom is 0.305 e. The molecule has 3 aliphatic heterocycles. The Morgan fingerprint density at radius 2 is 1.84 bits per heavy atom. The van der Waals surface area contributed by atoms with Gasteiger partial charge in [-0.15, -0.1) is 0 Å². The fraction of sp³-hybridized carbons (Fsp3) is 0.333. The van der Waals surface area contributed by atoms with E-state index in [1.807, 2.05) is 25.1 Å². The number of H-pyrrole nitrogens is 1. The predicted octanol–water partition coefficient (Wildman–Crippen LogP) is 2.78. The molecule has 2 saturated heterocycles. The Hall–Kier alpha value is -3.41. The van der Waals surface area contributed by atoms with Crippen LogP contribution in [-0.4, -0.2) is 65.8 Å². The second-order valence-corrected chi connectivity index (χ2v) is 11.6. The van der Waals surface area contributed by atoms with E-state index in [0.29, 0.717) is 42.8 Å². The van der Waals surface area contributed by atoms with Crippen LogP contribution in [0, 0.1) is 12.8 Å². The third-order valence-corrected chi connectivity index (χ3v) is 9.46. The molecule has 38 heavy (non-hydrogen) atoms. The highest BCUT2D eigenvalue weighted by Crippen LogP contribution is 2.53. The number of nitrogens with zero attached hydrogens (tertiary/aromatic N) is 2. The third-order valence-electron chi connectivity index (χ3n) is 7.06. The monoisotopic (exact) mass is 551 g/mol. The molecule has 11 heteroatoms. The molecular formula is C27H25N3O6S2. The van der Waals surface area contributed by atoms with Gasteiger partial charge in [-0.2, -0.15) is 0 Å². The lowest BCUT2D eigenvalue weighted by atomic mass is 9.83. The lowest BCUT2D eigenvalue weighted by molar-refractivity contribution is -0.137. The van der Waals surface area contributed by atoms with Crippen molar-refractivity contribution in [1.82, 2.24) is 9.88 Å². The van der Waals surface area contributed by atoms with Crippen molar-refractivity contribution in [3.8, 4) is 5.75 Å². The Morgan fingerprint density at radius 3 is 2.61 bits per heavy atom. The summed E-state index contributed by atoms with van der Waals surface area (Å²) in [5.41, 5.74) is 2.32. The van der Waals surface area contributed by atoms with Crippen molar-refractivity contribution in [1.29, 1.82) is 0 Å². The van der Waals surface area contributed by atoms with Gasteiger partial charge in [-0.25, -0.2) is 4.90 Å². The van der Waals surface area contributed by atoms with Crippen LogP contribution in [0.4, 0.5) is 5.69 Å². The van der Waals surface area contributed by atoms with Gasteiger partial charge in [-0.1, -0.05) is 52.9 Å². The molecular weight excluding hydrogens is 526 g/mol. The van der Waals surface area contributed by atoms with Crippen LogP contribution in [-0.2, 0) is 19.1 Å². The predicted molar refractivity (Wildman–Crippen MR) is 143 cm³/mol. The summed E-state index contributed by atoms with van der Waals surface area (Å²) in [6, 6.07) is 14.5. The topological polar surface area (TPSA) is 109 Å². The van der Waals surface area contributed by atoms with Crippen molar-refractivity contribution in [2.45, 2.75) is 23.1 Å². The summed E-state index contributed by atoms with van der Waals surface area (Å²) in [7, 11) is 0. The molecule has 9 nitrogen and oxygen atoms in total. The maximum atomic E-state index is 13.8. The first-order chi connectivity index (χ1) is 18.4. The molecule has 3 aliphatic rings. The van der Waals surface area contributed by atoms with Crippen molar-refractivity contribution in [2.75, 3.05) is 37.8 Å². The Balaban J connectivity index is 1.32. The average molecular weight is 552 g/mol. The summed E-state index contributed by atoms with van der Waals surface area (Å²) in [5.74, 6) is -1.41. The number of carbonyl (C=O) groups is 3. The average Bonchev–Trinajstić information content (AvgIpc) is 3.42. The number of morpholine rings is 1. The van der Waals surface area contributed by atoms with Crippen LogP contribution in [0.25, 0.3) is 0 Å². The molecule has 0 spiro atoms. The number of rotatable bonds is 5. The molecule has 0 saturated carbocycles. The number of nitrogens with one attached hydrogen (secondary N) is 1. The number of aromatic nitrogens is 1. The van der Waals surface area contributed by atoms with Crippen LogP contribution in [0.1, 0.15) is 21.9 Å². The number of anilines is 1. The first kappa shape index (κ1) is 24.9. The molecule has 6 rings (SSSR count). The molecule has 3 amide bonds. The van der Waals surface area contributed by atoms with Crippen molar-refractivity contribution in [2.24, 2.45) is 5.92 Å². The van der Waals surface area contributed by atoms with Crippen LogP contribution >= 0.6 is 23.1 Å². The summed E-state index contributed by atoms with van der Waals surface area (Å²) in [6.07, 6.45) is 0. The molecule has 0 bridgehead atoms.